The quantitative estimate of drug-likeness (QED) is 0.459. The lowest BCUT2D eigenvalue weighted by atomic mass is 10.1. The summed E-state index contributed by atoms with van der Waals surface area (Å²) in [5.74, 6) is -2.05. The van der Waals surface area contributed by atoms with Gasteiger partial charge in [0.1, 0.15) is 11.9 Å². The van der Waals surface area contributed by atoms with E-state index >= 15 is 0 Å². The van der Waals surface area contributed by atoms with Crippen LogP contribution in [-0.4, -0.2) is 61.6 Å². The maximum absolute atomic E-state index is 13.3. The number of benzene rings is 2. The number of nitrogens with zero attached hydrogens (tertiary/aromatic N) is 2. The number of urea groups is 1. The van der Waals surface area contributed by atoms with Gasteiger partial charge in [-0.05, 0) is 55.5 Å². The van der Waals surface area contributed by atoms with Crippen molar-refractivity contribution in [2.75, 3.05) is 37.1 Å². The second-order valence-corrected chi connectivity index (χ2v) is 7.18. The van der Waals surface area contributed by atoms with Crippen molar-refractivity contribution < 1.29 is 33.0 Å². The Labute approximate surface area is 190 Å². The first kappa shape index (κ1) is 23.9. The van der Waals surface area contributed by atoms with Crippen LogP contribution in [0, 0.1) is 5.82 Å². The molecule has 10 heteroatoms. The summed E-state index contributed by atoms with van der Waals surface area (Å²) in [7, 11) is 1.46. The number of halogens is 1. The number of esters is 1. The van der Waals surface area contributed by atoms with E-state index in [1.54, 1.807) is 19.1 Å². The molecule has 3 rings (SSSR count). The highest BCUT2D eigenvalue weighted by Gasteiger charge is 2.46. The van der Waals surface area contributed by atoms with Gasteiger partial charge in [-0.25, -0.2) is 18.9 Å². The second-order valence-electron chi connectivity index (χ2n) is 7.18. The molecule has 0 aromatic heterocycles. The van der Waals surface area contributed by atoms with E-state index in [-0.39, 0.29) is 31.9 Å². The molecule has 4 amide bonds. The van der Waals surface area contributed by atoms with Crippen LogP contribution >= 0.6 is 0 Å². The molecule has 1 aliphatic heterocycles. The Morgan fingerprint density at radius 2 is 1.73 bits per heavy atom. The van der Waals surface area contributed by atoms with Crippen LogP contribution in [0.15, 0.2) is 48.5 Å². The molecule has 0 radical (unpaired) electrons. The van der Waals surface area contributed by atoms with Crippen LogP contribution < -0.4 is 10.2 Å². The van der Waals surface area contributed by atoms with E-state index in [1.807, 2.05) is 0 Å². The van der Waals surface area contributed by atoms with Crippen molar-refractivity contribution in [3.05, 3.63) is 59.9 Å². The van der Waals surface area contributed by atoms with Gasteiger partial charge >= 0.3 is 12.0 Å². The third-order valence-electron chi connectivity index (χ3n) is 5.00. The third-order valence-corrected chi connectivity index (χ3v) is 5.00. The number of amides is 4. The lowest BCUT2D eigenvalue weighted by molar-refractivity contribution is -0.124. The second kappa shape index (κ2) is 10.7. The Kier molecular flexibility index (Phi) is 7.73. The van der Waals surface area contributed by atoms with E-state index in [4.69, 9.17) is 9.47 Å². The first-order chi connectivity index (χ1) is 15.8. The Hall–Kier alpha value is -3.79. The molecule has 0 aliphatic carbocycles. The summed E-state index contributed by atoms with van der Waals surface area (Å²) in [6.45, 7) is 2.23. The molecule has 174 valence electrons. The Morgan fingerprint density at radius 3 is 2.33 bits per heavy atom. The number of carbonyl (C=O) groups is 4. The molecule has 1 fully saturated rings. The molecular formula is C23H24FN3O6. The number of ether oxygens (including phenoxy) is 2. The van der Waals surface area contributed by atoms with Gasteiger partial charge in [0.15, 0.2) is 0 Å². The number of hydrogen-bond acceptors (Lipinski definition) is 6. The van der Waals surface area contributed by atoms with Gasteiger partial charge in [0.2, 0.25) is 5.91 Å². The van der Waals surface area contributed by atoms with Crippen molar-refractivity contribution in [1.82, 2.24) is 4.90 Å². The van der Waals surface area contributed by atoms with Gasteiger partial charge in [-0.1, -0.05) is 0 Å². The van der Waals surface area contributed by atoms with Crippen molar-refractivity contribution >= 4 is 35.2 Å². The molecule has 33 heavy (non-hydrogen) atoms. The zero-order valence-corrected chi connectivity index (χ0v) is 18.2. The first-order valence-electron chi connectivity index (χ1n) is 10.3. The predicted molar refractivity (Wildman–Crippen MR) is 117 cm³/mol. The minimum Gasteiger partial charge on any atom is -0.462 e. The van der Waals surface area contributed by atoms with Crippen molar-refractivity contribution in [1.29, 1.82) is 0 Å². The standard InChI is InChI=1S/C23H24FN3O6/c1-3-33-22(30)15-4-8-17(9-5-15)25-20(28)14-19-21(29)27(18-10-6-16(24)7-11-18)23(31)26(19)12-13-32-2/h4-11,19H,3,12-14H2,1-2H3,(H,25,28)/t19-/m1/s1. The van der Waals surface area contributed by atoms with Crippen LogP contribution in [0.2, 0.25) is 0 Å². The van der Waals surface area contributed by atoms with Crippen molar-refractivity contribution in [3.63, 3.8) is 0 Å². The predicted octanol–water partition coefficient (Wildman–Crippen LogP) is 2.81. The highest BCUT2D eigenvalue weighted by atomic mass is 19.1. The fourth-order valence-corrected chi connectivity index (χ4v) is 3.40. The molecule has 0 saturated carbocycles. The molecule has 2 aromatic carbocycles. The van der Waals surface area contributed by atoms with E-state index in [0.717, 1.165) is 17.0 Å². The molecule has 0 unspecified atom stereocenters. The highest BCUT2D eigenvalue weighted by molar-refractivity contribution is 6.22. The minimum atomic E-state index is -1.04. The van der Waals surface area contributed by atoms with E-state index in [0.29, 0.717) is 11.3 Å². The molecule has 1 saturated heterocycles. The van der Waals surface area contributed by atoms with Gasteiger partial charge in [0.25, 0.3) is 5.91 Å². The average Bonchev–Trinajstić information content (AvgIpc) is 3.02. The molecule has 9 nitrogen and oxygen atoms in total. The molecular weight excluding hydrogens is 433 g/mol. The Morgan fingerprint density at radius 1 is 1.06 bits per heavy atom. The summed E-state index contributed by atoms with van der Waals surface area (Å²) in [5.41, 5.74) is 0.974. The third kappa shape index (κ3) is 5.53. The minimum absolute atomic E-state index is 0.102. The van der Waals surface area contributed by atoms with Gasteiger partial charge in [-0.3, -0.25) is 9.59 Å². The van der Waals surface area contributed by atoms with Crippen LogP contribution in [0.4, 0.5) is 20.6 Å². The van der Waals surface area contributed by atoms with Gasteiger partial charge in [-0.15, -0.1) is 0 Å². The zero-order chi connectivity index (χ0) is 24.0. The fourth-order valence-electron chi connectivity index (χ4n) is 3.40. The molecule has 2 aromatic rings. The fraction of sp³-hybridized carbons (Fsp3) is 0.304. The van der Waals surface area contributed by atoms with Crippen molar-refractivity contribution in [2.45, 2.75) is 19.4 Å². The summed E-state index contributed by atoms with van der Waals surface area (Å²) >= 11 is 0. The molecule has 1 atom stereocenters. The van der Waals surface area contributed by atoms with Crippen LogP contribution in [0.1, 0.15) is 23.7 Å². The van der Waals surface area contributed by atoms with Crippen LogP contribution in [-0.2, 0) is 19.1 Å². The normalized spacial score (nSPS) is 15.7. The van der Waals surface area contributed by atoms with E-state index in [1.165, 1.54) is 36.3 Å². The monoisotopic (exact) mass is 457 g/mol. The zero-order valence-electron chi connectivity index (χ0n) is 18.2. The van der Waals surface area contributed by atoms with Crippen molar-refractivity contribution in [3.8, 4) is 0 Å². The number of carbonyl (C=O) groups excluding carboxylic acids is 4. The summed E-state index contributed by atoms with van der Waals surface area (Å²) in [4.78, 5) is 52.6. The maximum atomic E-state index is 13.3. The first-order valence-corrected chi connectivity index (χ1v) is 10.3. The topological polar surface area (TPSA) is 105 Å². The number of methoxy groups -OCH3 is 1. The largest absolute Gasteiger partial charge is 0.462 e. The summed E-state index contributed by atoms with van der Waals surface area (Å²) in [5, 5.41) is 2.66. The number of anilines is 2. The Bertz CT molecular complexity index is 1030. The molecule has 0 spiro atoms. The van der Waals surface area contributed by atoms with E-state index < -0.39 is 35.7 Å². The van der Waals surface area contributed by atoms with Gasteiger partial charge in [0.05, 0.1) is 30.9 Å². The molecule has 1 N–H and O–H groups in total. The maximum Gasteiger partial charge on any atom is 0.338 e. The van der Waals surface area contributed by atoms with Crippen LogP contribution in [0.25, 0.3) is 0 Å². The molecule has 1 aliphatic rings. The number of imide groups is 1. The average molecular weight is 457 g/mol. The Balaban J connectivity index is 1.73. The van der Waals surface area contributed by atoms with Crippen LogP contribution in [0.3, 0.4) is 0 Å². The van der Waals surface area contributed by atoms with E-state index in [9.17, 15) is 23.6 Å². The molecule has 1 heterocycles. The lowest BCUT2D eigenvalue weighted by Gasteiger charge is -2.21. The SMILES string of the molecule is CCOC(=O)c1ccc(NC(=O)C[C@@H]2C(=O)N(c3ccc(F)cc3)C(=O)N2CCOC)cc1. The molecule has 0 bridgehead atoms. The summed E-state index contributed by atoms with van der Waals surface area (Å²) in [6.07, 6.45) is -0.286. The highest BCUT2D eigenvalue weighted by Crippen LogP contribution is 2.27. The van der Waals surface area contributed by atoms with Crippen LogP contribution in [0.5, 0.6) is 0 Å². The van der Waals surface area contributed by atoms with E-state index in [2.05, 4.69) is 5.32 Å². The van der Waals surface area contributed by atoms with Gasteiger partial charge in [0, 0.05) is 19.3 Å². The number of nitrogens with one attached hydrogen (secondary N) is 1. The smallest absolute Gasteiger partial charge is 0.338 e. The van der Waals surface area contributed by atoms with Gasteiger partial charge < -0.3 is 19.7 Å². The number of rotatable bonds is 9. The van der Waals surface area contributed by atoms with Gasteiger partial charge in [-0.2, -0.15) is 0 Å². The lowest BCUT2D eigenvalue weighted by Crippen LogP contribution is -2.39. The number of hydrogen-bond donors (Lipinski definition) is 1. The van der Waals surface area contributed by atoms with Crippen molar-refractivity contribution in [2.24, 2.45) is 0 Å². The summed E-state index contributed by atoms with van der Waals surface area (Å²) in [6, 6.07) is 9.40. The summed E-state index contributed by atoms with van der Waals surface area (Å²) < 4.78 is 23.2.